The Labute approximate surface area is 149 Å². The minimum atomic E-state index is -0.819. The molecule has 25 heavy (non-hydrogen) atoms. The van der Waals surface area contributed by atoms with Crippen LogP contribution in [0.1, 0.15) is 48.8 Å². The second-order valence-electron chi connectivity index (χ2n) is 9.08. The fourth-order valence-corrected chi connectivity index (χ4v) is 6.16. The summed E-state index contributed by atoms with van der Waals surface area (Å²) in [6, 6.07) is 6.82. The van der Waals surface area contributed by atoms with Crippen molar-refractivity contribution in [2.24, 2.45) is 17.6 Å². The van der Waals surface area contributed by atoms with Crippen LogP contribution in [0, 0.1) is 18.8 Å². The lowest BCUT2D eigenvalue weighted by Gasteiger charge is -2.59. The van der Waals surface area contributed by atoms with Gasteiger partial charge in [0.15, 0.2) is 0 Å². The van der Waals surface area contributed by atoms with Crippen LogP contribution in [0.15, 0.2) is 18.2 Å². The van der Waals surface area contributed by atoms with Gasteiger partial charge >= 0.3 is 0 Å². The summed E-state index contributed by atoms with van der Waals surface area (Å²) in [7, 11) is 0. The minimum absolute atomic E-state index is 0.126. The van der Waals surface area contributed by atoms with Crippen molar-refractivity contribution < 1.29 is 9.90 Å². The van der Waals surface area contributed by atoms with E-state index in [-0.39, 0.29) is 23.3 Å². The Kier molecular flexibility index (Phi) is 3.21. The number of nitrogens with two attached hydrogens (primary N) is 1. The molecule has 4 heteroatoms. The van der Waals surface area contributed by atoms with E-state index in [0.717, 1.165) is 31.8 Å². The molecule has 1 saturated heterocycles. The van der Waals surface area contributed by atoms with Crippen LogP contribution in [-0.4, -0.2) is 40.6 Å². The highest BCUT2D eigenvalue weighted by Crippen LogP contribution is 2.61. The molecule has 0 spiro atoms. The molecule has 1 heterocycles. The van der Waals surface area contributed by atoms with Crippen molar-refractivity contribution in [2.75, 3.05) is 13.1 Å². The number of piperidine rings is 1. The maximum Gasteiger partial charge on any atom is 0.220 e. The van der Waals surface area contributed by atoms with E-state index < -0.39 is 5.60 Å². The van der Waals surface area contributed by atoms with E-state index in [2.05, 4.69) is 30.0 Å². The molecule has 1 aromatic rings. The number of fused-ring (bicyclic) bond motifs is 1. The third kappa shape index (κ3) is 2.10. The molecule has 0 radical (unpaired) electrons. The smallest absolute Gasteiger partial charge is 0.220 e. The van der Waals surface area contributed by atoms with Gasteiger partial charge in [-0.25, -0.2) is 0 Å². The summed E-state index contributed by atoms with van der Waals surface area (Å²) in [5.74, 6) is 0.356. The van der Waals surface area contributed by atoms with Gasteiger partial charge in [-0.2, -0.15) is 0 Å². The number of carbonyl (C=O) groups excluding carboxylic acids is 1. The number of hydrogen-bond donors (Lipinski definition) is 2. The maximum absolute atomic E-state index is 12.0. The molecule has 4 atom stereocenters. The van der Waals surface area contributed by atoms with E-state index in [1.165, 1.54) is 29.5 Å². The molecule has 3 aliphatic carbocycles. The fourth-order valence-electron chi connectivity index (χ4n) is 6.16. The zero-order valence-corrected chi connectivity index (χ0v) is 15.0. The number of hydrogen-bond acceptors (Lipinski definition) is 3. The molecular formula is C21H28N2O2. The van der Waals surface area contributed by atoms with Gasteiger partial charge in [0.05, 0.1) is 5.60 Å². The van der Waals surface area contributed by atoms with Crippen LogP contribution in [0.3, 0.4) is 0 Å². The third-order valence-corrected chi connectivity index (χ3v) is 7.59. The number of carbonyl (C=O) groups is 1. The first-order valence-corrected chi connectivity index (χ1v) is 9.79. The summed E-state index contributed by atoms with van der Waals surface area (Å²) < 4.78 is 0. The molecule has 2 saturated carbocycles. The molecule has 1 aliphatic heterocycles. The Morgan fingerprint density at radius 2 is 2.16 bits per heavy atom. The van der Waals surface area contributed by atoms with Crippen LogP contribution < -0.4 is 5.73 Å². The van der Waals surface area contributed by atoms with Gasteiger partial charge in [0, 0.05) is 23.9 Å². The van der Waals surface area contributed by atoms with Gasteiger partial charge in [-0.1, -0.05) is 23.8 Å². The van der Waals surface area contributed by atoms with E-state index in [9.17, 15) is 9.90 Å². The van der Waals surface area contributed by atoms with Crippen LogP contribution in [0.2, 0.25) is 0 Å². The largest absolute Gasteiger partial charge is 0.387 e. The monoisotopic (exact) mass is 340 g/mol. The molecule has 4 aliphatic rings. The van der Waals surface area contributed by atoms with Gasteiger partial charge in [-0.3, -0.25) is 9.69 Å². The fraction of sp³-hybridized carbons (Fsp3) is 0.667. The van der Waals surface area contributed by atoms with E-state index in [0.29, 0.717) is 12.8 Å². The highest BCUT2D eigenvalue weighted by Gasteiger charge is 2.67. The predicted octanol–water partition coefficient (Wildman–Crippen LogP) is 1.90. The molecular weight excluding hydrogens is 312 g/mol. The van der Waals surface area contributed by atoms with E-state index >= 15 is 0 Å². The van der Waals surface area contributed by atoms with Gasteiger partial charge in [0.1, 0.15) is 0 Å². The van der Waals surface area contributed by atoms with Crippen molar-refractivity contribution in [1.82, 2.24) is 4.90 Å². The summed E-state index contributed by atoms with van der Waals surface area (Å²) in [6.07, 6.45) is 5.72. The maximum atomic E-state index is 12.0. The average molecular weight is 340 g/mol. The molecule has 3 fully saturated rings. The van der Waals surface area contributed by atoms with Crippen molar-refractivity contribution in [1.29, 1.82) is 0 Å². The minimum Gasteiger partial charge on any atom is -0.387 e. The van der Waals surface area contributed by atoms with E-state index in [1.807, 2.05) is 0 Å². The molecule has 1 amide bonds. The van der Waals surface area contributed by atoms with E-state index in [1.54, 1.807) is 0 Å². The molecule has 0 unspecified atom stereocenters. The van der Waals surface area contributed by atoms with Gasteiger partial charge in [-0.15, -0.1) is 0 Å². The van der Waals surface area contributed by atoms with Gasteiger partial charge in [-0.05, 0) is 69.0 Å². The lowest BCUT2D eigenvalue weighted by Crippen LogP contribution is -2.69. The van der Waals surface area contributed by atoms with Crippen molar-refractivity contribution in [2.45, 2.75) is 62.5 Å². The summed E-state index contributed by atoms with van der Waals surface area (Å²) in [5, 5.41) is 12.0. The highest BCUT2D eigenvalue weighted by atomic mass is 16.3. The molecule has 0 aromatic heterocycles. The number of benzene rings is 1. The third-order valence-electron chi connectivity index (χ3n) is 7.59. The number of primary amides is 1. The number of aliphatic hydroxyl groups is 1. The van der Waals surface area contributed by atoms with Gasteiger partial charge < -0.3 is 10.8 Å². The van der Waals surface area contributed by atoms with Crippen molar-refractivity contribution in [3.8, 4) is 0 Å². The Morgan fingerprint density at radius 1 is 1.36 bits per heavy atom. The highest BCUT2D eigenvalue weighted by molar-refractivity contribution is 5.78. The van der Waals surface area contributed by atoms with Gasteiger partial charge in [0.25, 0.3) is 0 Å². The summed E-state index contributed by atoms with van der Waals surface area (Å²) in [4.78, 5) is 14.5. The number of likely N-dealkylation sites (tertiary alicyclic amines) is 1. The zero-order chi connectivity index (χ0) is 17.4. The standard InChI is InChI=1S/C21H28N2O2/c1-13-2-5-15-9-18-21(25)11-16(19(22)24)10-20(21,17(15)8-13)6-7-23(18)12-14-3-4-14/h2,5,8,14,16,18,25H,3-4,6-7,9-12H2,1H3,(H2,22,24)/t16-,18+,20+,21+/m0/s1. The lowest BCUT2D eigenvalue weighted by molar-refractivity contribution is -0.133. The van der Waals surface area contributed by atoms with Crippen LogP contribution in [-0.2, 0) is 16.6 Å². The first-order valence-electron chi connectivity index (χ1n) is 9.79. The Morgan fingerprint density at radius 3 is 2.88 bits per heavy atom. The molecule has 2 bridgehead atoms. The number of rotatable bonds is 3. The number of nitrogens with zero attached hydrogens (tertiary/aromatic N) is 1. The molecule has 3 N–H and O–H groups in total. The topological polar surface area (TPSA) is 66.6 Å². The average Bonchev–Trinajstić information content (AvgIpc) is 3.30. The Balaban J connectivity index is 1.64. The predicted molar refractivity (Wildman–Crippen MR) is 96.1 cm³/mol. The SMILES string of the molecule is Cc1ccc2c(c1)[C@]13CCN(CC4CC4)[C@H](C2)[C@]1(O)C[C@@H](C(N)=O)C3. The second kappa shape index (κ2) is 5.08. The Hall–Kier alpha value is -1.39. The van der Waals surface area contributed by atoms with Gasteiger partial charge in [0.2, 0.25) is 5.91 Å². The normalized spacial score (nSPS) is 39.8. The summed E-state index contributed by atoms with van der Waals surface area (Å²) in [5.41, 5.74) is 8.48. The number of aryl methyl sites for hydroxylation is 1. The van der Waals surface area contributed by atoms with Crippen molar-refractivity contribution >= 4 is 5.91 Å². The first kappa shape index (κ1) is 15.8. The Bertz CT molecular complexity index is 743. The van der Waals surface area contributed by atoms with Crippen molar-refractivity contribution in [3.05, 3.63) is 34.9 Å². The quantitative estimate of drug-likeness (QED) is 0.883. The second-order valence-corrected chi connectivity index (χ2v) is 9.08. The zero-order valence-electron chi connectivity index (χ0n) is 15.0. The molecule has 134 valence electrons. The number of amides is 1. The van der Waals surface area contributed by atoms with Crippen LogP contribution in [0.25, 0.3) is 0 Å². The summed E-state index contributed by atoms with van der Waals surface area (Å²) >= 11 is 0. The summed E-state index contributed by atoms with van der Waals surface area (Å²) in [6.45, 7) is 4.25. The lowest BCUT2D eigenvalue weighted by atomic mass is 9.56. The molecule has 1 aromatic carbocycles. The molecule has 4 nitrogen and oxygen atoms in total. The van der Waals surface area contributed by atoms with Crippen LogP contribution in [0.4, 0.5) is 0 Å². The molecule has 5 rings (SSSR count). The van der Waals surface area contributed by atoms with Crippen LogP contribution in [0.5, 0.6) is 0 Å². The van der Waals surface area contributed by atoms with Crippen LogP contribution >= 0.6 is 0 Å². The first-order chi connectivity index (χ1) is 11.9. The van der Waals surface area contributed by atoms with Crippen molar-refractivity contribution in [3.63, 3.8) is 0 Å². The van der Waals surface area contributed by atoms with E-state index in [4.69, 9.17) is 5.73 Å².